The van der Waals surface area contributed by atoms with Crippen LogP contribution in [0.2, 0.25) is 0 Å². The third kappa shape index (κ3) is 5.70. The highest BCUT2D eigenvalue weighted by Crippen LogP contribution is 2.23. The van der Waals surface area contributed by atoms with Crippen molar-refractivity contribution in [3.05, 3.63) is 23.0 Å². The van der Waals surface area contributed by atoms with Gasteiger partial charge < -0.3 is 18.9 Å². The summed E-state index contributed by atoms with van der Waals surface area (Å²) in [5, 5.41) is 0. The first kappa shape index (κ1) is 22.9. The molecular formula is C19H23N3O7S2. The van der Waals surface area contributed by atoms with Crippen molar-refractivity contribution in [1.82, 2.24) is 9.47 Å². The van der Waals surface area contributed by atoms with Gasteiger partial charge in [-0.15, -0.1) is 0 Å². The van der Waals surface area contributed by atoms with Crippen LogP contribution in [0.1, 0.15) is 12.8 Å². The number of benzene rings is 1. The summed E-state index contributed by atoms with van der Waals surface area (Å²) >= 11 is 1.11. The van der Waals surface area contributed by atoms with E-state index < -0.39 is 39.1 Å². The molecule has 10 nitrogen and oxygen atoms in total. The fourth-order valence-electron chi connectivity index (χ4n) is 3.24. The Morgan fingerprint density at radius 2 is 1.84 bits per heavy atom. The van der Waals surface area contributed by atoms with Crippen molar-refractivity contribution in [2.75, 3.05) is 38.8 Å². The first-order valence-corrected chi connectivity index (χ1v) is 12.2. The SMILES string of the molecule is COC(=O)Cn1c(=NC(=O)CS(=O)(=O)CC(=O)N2CCCC2)sc2cc(OC)ccc21. The van der Waals surface area contributed by atoms with Crippen molar-refractivity contribution in [2.45, 2.75) is 19.4 Å². The second-order valence-corrected chi connectivity index (χ2v) is 10.1. The molecule has 1 aromatic heterocycles. The molecule has 31 heavy (non-hydrogen) atoms. The summed E-state index contributed by atoms with van der Waals surface area (Å²) in [6, 6.07) is 5.13. The molecule has 2 aromatic rings. The second kappa shape index (κ2) is 9.60. The van der Waals surface area contributed by atoms with Gasteiger partial charge in [0.2, 0.25) is 5.91 Å². The molecule has 0 N–H and O–H groups in total. The van der Waals surface area contributed by atoms with E-state index in [1.54, 1.807) is 18.2 Å². The predicted molar refractivity (Wildman–Crippen MR) is 113 cm³/mol. The summed E-state index contributed by atoms with van der Waals surface area (Å²) in [6.07, 6.45) is 1.69. The largest absolute Gasteiger partial charge is 0.497 e. The Morgan fingerprint density at radius 3 is 2.48 bits per heavy atom. The number of hydrogen-bond donors (Lipinski definition) is 0. The van der Waals surface area contributed by atoms with Crippen LogP contribution in [0.3, 0.4) is 0 Å². The van der Waals surface area contributed by atoms with Crippen LogP contribution >= 0.6 is 11.3 Å². The van der Waals surface area contributed by atoms with Crippen molar-refractivity contribution in [1.29, 1.82) is 0 Å². The minimum atomic E-state index is -3.97. The van der Waals surface area contributed by atoms with Crippen LogP contribution in [0.4, 0.5) is 0 Å². The summed E-state index contributed by atoms with van der Waals surface area (Å²) in [5.74, 6) is -2.98. The van der Waals surface area contributed by atoms with E-state index in [2.05, 4.69) is 4.99 Å². The molecule has 1 aliphatic rings. The molecule has 0 unspecified atom stereocenters. The number of carbonyl (C=O) groups excluding carboxylic acids is 3. The first-order chi connectivity index (χ1) is 14.7. The maximum atomic E-state index is 12.4. The Morgan fingerprint density at radius 1 is 1.13 bits per heavy atom. The number of nitrogens with zero attached hydrogens (tertiary/aromatic N) is 3. The number of likely N-dealkylation sites (tertiary alicyclic amines) is 1. The fourth-order valence-corrected chi connectivity index (χ4v) is 5.41. The zero-order valence-electron chi connectivity index (χ0n) is 17.2. The lowest BCUT2D eigenvalue weighted by Crippen LogP contribution is -2.35. The highest BCUT2D eigenvalue weighted by Gasteiger charge is 2.26. The normalized spacial score (nSPS) is 14.8. The number of amides is 2. The van der Waals surface area contributed by atoms with Crippen molar-refractivity contribution < 1.29 is 32.3 Å². The molecule has 0 saturated carbocycles. The number of rotatable bonds is 7. The molecule has 0 radical (unpaired) electrons. The number of sulfone groups is 1. The van der Waals surface area contributed by atoms with E-state index in [9.17, 15) is 22.8 Å². The smallest absolute Gasteiger partial charge is 0.325 e. The summed E-state index contributed by atoms with van der Waals surface area (Å²) in [7, 11) is -1.21. The number of carbonyl (C=O) groups is 3. The zero-order valence-corrected chi connectivity index (χ0v) is 18.8. The molecule has 168 valence electrons. The standard InChI is InChI=1S/C19H23N3O7S2/c1-28-13-5-6-14-15(9-13)30-19(22(14)10-18(25)29-2)20-16(23)11-31(26,27)12-17(24)21-7-3-4-8-21/h5-6,9H,3-4,7-8,10-12H2,1-2H3. The van der Waals surface area contributed by atoms with E-state index in [0.717, 1.165) is 24.2 Å². The van der Waals surface area contributed by atoms with Gasteiger partial charge in [-0.25, -0.2) is 8.42 Å². The van der Waals surface area contributed by atoms with Crippen LogP contribution in [0.5, 0.6) is 5.75 Å². The van der Waals surface area contributed by atoms with Crippen LogP contribution in [0, 0.1) is 0 Å². The topological polar surface area (TPSA) is 124 Å². The van der Waals surface area contributed by atoms with Crippen molar-refractivity contribution >= 4 is 49.2 Å². The van der Waals surface area contributed by atoms with Crippen LogP contribution in [-0.2, 0) is 35.5 Å². The van der Waals surface area contributed by atoms with Crippen molar-refractivity contribution in [3.63, 3.8) is 0 Å². The molecule has 2 amide bonds. The molecule has 1 aliphatic heterocycles. The van der Waals surface area contributed by atoms with Gasteiger partial charge in [0.05, 0.1) is 24.4 Å². The maximum absolute atomic E-state index is 12.4. The molecule has 0 atom stereocenters. The molecule has 12 heteroatoms. The Hall–Kier alpha value is -2.73. The number of hydrogen-bond acceptors (Lipinski definition) is 8. The van der Waals surface area contributed by atoms with Gasteiger partial charge in [-0.2, -0.15) is 4.99 Å². The quantitative estimate of drug-likeness (QED) is 0.536. The van der Waals surface area contributed by atoms with Gasteiger partial charge >= 0.3 is 5.97 Å². The second-order valence-electron chi connectivity index (χ2n) is 7.01. The zero-order chi connectivity index (χ0) is 22.6. The molecule has 1 saturated heterocycles. The van der Waals surface area contributed by atoms with Gasteiger partial charge in [-0.1, -0.05) is 11.3 Å². The highest BCUT2D eigenvalue weighted by molar-refractivity contribution is 7.92. The molecule has 1 aromatic carbocycles. The van der Waals surface area contributed by atoms with Gasteiger partial charge in [-0.3, -0.25) is 14.4 Å². The lowest BCUT2D eigenvalue weighted by molar-refractivity contribution is -0.141. The summed E-state index contributed by atoms with van der Waals surface area (Å²) in [5.41, 5.74) is 0.620. The van der Waals surface area contributed by atoms with Crippen LogP contribution in [0.25, 0.3) is 10.2 Å². The van der Waals surface area contributed by atoms with Crippen molar-refractivity contribution in [2.24, 2.45) is 4.99 Å². The average Bonchev–Trinajstić information content (AvgIpc) is 3.35. The minimum Gasteiger partial charge on any atom is -0.497 e. The monoisotopic (exact) mass is 469 g/mol. The lowest BCUT2D eigenvalue weighted by Gasteiger charge is -2.14. The van der Waals surface area contributed by atoms with Gasteiger partial charge in [0, 0.05) is 13.1 Å². The van der Waals surface area contributed by atoms with Crippen LogP contribution in [0.15, 0.2) is 23.2 Å². The maximum Gasteiger partial charge on any atom is 0.325 e. The third-order valence-corrected chi connectivity index (χ3v) is 7.19. The Labute approximate surface area is 183 Å². The minimum absolute atomic E-state index is 0.153. The van der Waals surface area contributed by atoms with Gasteiger partial charge in [0.1, 0.15) is 23.8 Å². The molecule has 2 heterocycles. The summed E-state index contributed by atoms with van der Waals surface area (Å²) in [4.78, 5) is 41.9. The third-order valence-electron chi connectivity index (χ3n) is 4.77. The first-order valence-electron chi connectivity index (χ1n) is 9.52. The molecular weight excluding hydrogens is 446 g/mol. The van der Waals surface area contributed by atoms with E-state index in [1.165, 1.54) is 23.7 Å². The van der Waals surface area contributed by atoms with E-state index in [4.69, 9.17) is 9.47 Å². The van der Waals surface area contributed by atoms with E-state index in [0.29, 0.717) is 29.1 Å². The lowest BCUT2D eigenvalue weighted by atomic mass is 10.3. The predicted octanol–water partition coefficient (Wildman–Crippen LogP) is 0.349. The highest BCUT2D eigenvalue weighted by atomic mass is 32.2. The van der Waals surface area contributed by atoms with Crippen molar-refractivity contribution in [3.8, 4) is 5.75 Å². The fraction of sp³-hybridized carbons (Fsp3) is 0.474. The van der Waals surface area contributed by atoms with Gasteiger partial charge in [-0.05, 0) is 31.0 Å². The number of ether oxygens (including phenoxy) is 2. The summed E-state index contributed by atoms with van der Waals surface area (Å²) in [6.45, 7) is 0.867. The molecule has 3 rings (SSSR count). The summed E-state index contributed by atoms with van der Waals surface area (Å²) < 4.78 is 36.8. The Kier molecular flexibility index (Phi) is 7.11. The van der Waals surface area contributed by atoms with Crippen LogP contribution in [-0.4, -0.2) is 74.5 Å². The van der Waals surface area contributed by atoms with E-state index in [1.807, 2.05) is 0 Å². The number of fused-ring (bicyclic) bond motifs is 1. The molecule has 0 aliphatic carbocycles. The number of esters is 1. The van der Waals surface area contributed by atoms with Crippen LogP contribution < -0.4 is 9.54 Å². The number of methoxy groups -OCH3 is 2. The Bertz CT molecular complexity index is 1170. The Balaban J connectivity index is 1.87. The van der Waals surface area contributed by atoms with E-state index >= 15 is 0 Å². The average molecular weight is 470 g/mol. The molecule has 1 fully saturated rings. The number of aromatic nitrogens is 1. The van der Waals surface area contributed by atoms with Gasteiger partial charge in [0.15, 0.2) is 14.6 Å². The molecule has 0 spiro atoms. The van der Waals surface area contributed by atoms with Gasteiger partial charge in [0.25, 0.3) is 5.91 Å². The van der Waals surface area contributed by atoms with E-state index in [-0.39, 0.29) is 11.3 Å². The molecule has 0 bridgehead atoms. The number of thiazole rings is 1.